The van der Waals surface area contributed by atoms with Crippen molar-refractivity contribution >= 4 is 0 Å². The van der Waals surface area contributed by atoms with E-state index in [2.05, 4.69) is 6.92 Å². The van der Waals surface area contributed by atoms with Gasteiger partial charge in [-0.25, -0.2) is 0 Å². The Bertz CT molecular complexity index is 189. The van der Waals surface area contributed by atoms with Gasteiger partial charge in [-0.15, -0.1) is 0 Å². The van der Waals surface area contributed by atoms with Crippen molar-refractivity contribution in [3.63, 3.8) is 0 Å². The van der Waals surface area contributed by atoms with Gasteiger partial charge in [0.1, 0.15) is 0 Å². The van der Waals surface area contributed by atoms with Crippen molar-refractivity contribution in [1.82, 2.24) is 0 Å². The molecule has 0 aromatic heterocycles. The molecule has 0 saturated heterocycles. The minimum absolute atomic E-state index is 0.281. The van der Waals surface area contributed by atoms with Crippen LogP contribution in [0.5, 0.6) is 0 Å². The summed E-state index contributed by atoms with van der Waals surface area (Å²) >= 11 is 0. The number of hydrogen-bond donors (Lipinski definition) is 1. The first-order chi connectivity index (χ1) is 6.81. The van der Waals surface area contributed by atoms with Gasteiger partial charge in [-0.05, 0) is 13.3 Å². The van der Waals surface area contributed by atoms with Crippen molar-refractivity contribution in [2.45, 2.75) is 45.6 Å². The first-order valence-electron chi connectivity index (χ1n) is 5.45. The monoisotopic (exact) mass is 194 g/mol. The molecule has 0 saturated carbocycles. The molecule has 1 atom stereocenters. The number of allylic oxidation sites excluding steroid dienone is 5. The molecule has 1 N–H and O–H groups in total. The predicted molar refractivity (Wildman–Crippen MR) is 63.2 cm³/mol. The third-order valence-corrected chi connectivity index (χ3v) is 1.96. The molecule has 14 heavy (non-hydrogen) atoms. The van der Waals surface area contributed by atoms with Gasteiger partial charge < -0.3 is 5.11 Å². The Labute approximate surface area is 87.8 Å². The zero-order valence-corrected chi connectivity index (χ0v) is 9.32. The molecule has 0 aliphatic rings. The second-order valence-corrected chi connectivity index (χ2v) is 3.36. The van der Waals surface area contributed by atoms with E-state index in [4.69, 9.17) is 0 Å². The van der Waals surface area contributed by atoms with E-state index in [1.807, 2.05) is 43.4 Å². The number of aliphatic hydroxyl groups is 1. The summed E-state index contributed by atoms with van der Waals surface area (Å²) in [5.41, 5.74) is 0. The maximum atomic E-state index is 9.49. The number of rotatable bonds is 7. The Hall–Kier alpha value is -0.820. The fourth-order valence-electron chi connectivity index (χ4n) is 1.13. The van der Waals surface area contributed by atoms with Gasteiger partial charge in [-0.3, -0.25) is 0 Å². The second kappa shape index (κ2) is 10.3. The number of hydrogen-bond acceptors (Lipinski definition) is 1. The minimum atomic E-state index is -0.281. The van der Waals surface area contributed by atoms with Crippen LogP contribution in [0.25, 0.3) is 0 Å². The molecule has 0 rings (SSSR count). The molecule has 0 spiro atoms. The normalized spacial score (nSPS) is 14.8. The standard InChI is InChI=1S/C13H22O/c1-3-5-7-8-10-12-13(14)11-9-6-4-2/h3,5,7-8,10,12-14H,4,6,9,11H2,1-2H3/b5-3+,8-7+,12-10+. The Balaban J connectivity index is 3.54. The largest absolute Gasteiger partial charge is 0.389 e. The third-order valence-electron chi connectivity index (χ3n) is 1.96. The van der Waals surface area contributed by atoms with Crippen LogP contribution in [0.4, 0.5) is 0 Å². The van der Waals surface area contributed by atoms with Crippen molar-refractivity contribution in [2.75, 3.05) is 0 Å². The molecule has 0 radical (unpaired) electrons. The van der Waals surface area contributed by atoms with Crippen LogP contribution in [0.15, 0.2) is 36.5 Å². The molecule has 0 amide bonds. The number of unbranched alkanes of at least 4 members (excludes halogenated alkanes) is 2. The third kappa shape index (κ3) is 9.27. The molecule has 0 fully saturated rings. The molecule has 0 bridgehead atoms. The van der Waals surface area contributed by atoms with Crippen LogP contribution < -0.4 is 0 Å². The zero-order valence-electron chi connectivity index (χ0n) is 9.32. The summed E-state index contributed by atoms with van der Waals surface area (Å²) in [7, 11) is 0. The zero-order chi connectivity index (χ0) is 10.6. The van der Waals surface area contributed by atoms with Crippen LogP contribution >= 0.6 is 0 Å². The Morgan fingerprint density at radius 2 is 1.79 bits per heavy atom. The summed E-state index contributed by atoms with van der Waals surface area (Å²) in [5, 5.41) is 9.49. The van der Waals surface area contributed by atoms with E-state index in [1.54, 1.807) is 0 Å². The lowest BCUT2D eigenvalue weighted by Gasteiger charge is -2.02. The highest BCUT2D eigenvalue weighted by Gasteiger charge is 1.96. The van der Waals surface area contributed by atoms with Crippen LogP contribution in [-0.4, -0.2) is 11.2 Å². The smallest absolute Gasteiger partial charge is 0.0723 e. The van der Waals surface area contributed by atoms with E-state index in [1.165, 1.54) is 12.8 Å². The highest BCUT2D eigenvalue weighted by molar-refractivity contribution is 5.11. The van der Waals surface area contributed by atoms with Gasteiger partial charge in [-0.2, -0.15) is 0 Å². The van der Waals surface area contributed by atoms with Crippen molar-refractivity contribution in [3.8, 4) is 0 Å². The van der Waals surface area contributed by atoms with Gasteiger partial charge in [0.05, 0.1) is 6.10 Å². The molecule has 0 aliphatic carbocycles. The lowest BCUT2D eigenvalue weighted by atomic mass is 10.1. The average molecular weight is 194 g/mol. The first kappa shape index (κ1) is 13.2. The van der Waals surface area contributed by atoms with E-state index in [-0.39, 0.29) is 6.10 Å². The lowest BCUT2D eigenvalue weighted by Crippen LogP contribution is -2.00. The van der Waals surface area contributed by atoms with Gasteiger partial charge in [0.2, 0.25) is 0 Å². The maximum Gasteiger partial charge on any atom is 0.0723 e. The van der Waals surface area contributed by atoms with Crippen LogP contribution in [0.2, 0.25) is 0 Å². The van der Waals surface area contributed by atoms with E-state index < -0.39 is 0 Å². The van der Waals surface area contributed by atoms with E-state index in [0.717, 1.165) is 12.8 Å². The SMILES string of the molecule is C/C=C/C=C/C=C/C(O)CCCCC. The van der Waals surface area contributed by atoms with Crippen molar-refractivity contribution in [3.05, 3.63) is 36.5 Å². The Morgan fingerprint density at radius 3 is 2.43 bits per heavy atom. The summed E-state index contributed by atoms with van der Waals surface area (Å²) in [6.45, 7) is 4.15. The molecule has 1 unspecified atom stereocenters. The predicted octanol–water partition coefficient (Wildman–Crippen LogP) is 3.62. The highest BCUT2D eigenvalue weighted by Crippen LogP contribution is 2.04. The first-order valence-corrected chi connectivity index (χ1v) is 5.45. The Morgan fingerprint density at radius 1 is 1.07 bits per heavy atom. The van der Waals surface area contributed by atoms with Gasteiger partial charge in [0.25, 0.3) is 0 Å². The molecule has 1 heteroatoms. The van der Waals surface area contributed by atoms with Crippen LogP contribution in [-0.2, 0) is 0 Å². The van der Waals surface area contributed by atoms with Gasteiger partial charge >= 0.3 is 0 Å². The summed E-state index contributed by atoms with van der Waals surface area (Å²) < 4.78 is 0. The van der Waals surface area contributed by atoms with Gasteiger partial charge in [0, 0.05) is 0 Å². The summed E-state index contributed by atoms with van der Waals surface area (Å²) in [6, 6.07) is 0. The van der Waals surface area contributed by atoms with Crippen LogP contribution in [0, 0.1) is 0 Å². The summed E-state index contributed by atoms with van der Waals surface area (Å²) in [5.74, 6) is 0. The van der Waals surface area contributed by atoms with Crippen molar-refractivity contribution in [1.29, 1.82) is 0 Å². The fraction of sp³-hybridized carbons (Fsp3) is 0.538. The molecule has 1 nitrogen and oxygen atoms in total. The Kier molecular flexibility index (Phi) is 9.66. The number of aliphatic hydroxyl groups excluding tert-OH is 1. The van der Waals surface area contributed by atoms with Crippen molar-refractivity contribution < 1.29 is 5.11 Å². The minimum Gasteiger partial charge on any atom is -0.389 e. The van der Waals surface area contributed by atoms with Crippen molar-refractivity contribution in [2.24, 2.45) is 0 Å². The topological polar surface area (TPSA) is 20.2 Å². The van der Waals surface area contributed by atoms with Gasteiger partial charge in [0.15, 0.2) is 0 Å². The lowest BCUT2D eigenvalue weighted by molar-refractivity contribution is 0.208. The molecule has 0 aliphatic heterocycles. The molecule has 0 heterocycles. The quantitative estimate of drug-likeness (QED) is 0.485. The van der Waals surface area contributed by atoms with Gasteiger partial charge in [-0.1, -0.05) is 62.6 Å². The highest BCUT2D eigenvalue weighted by atomic mass is 16.3. The van der Waals surface area contributed by atoms with E-state index in [9.17, 15) is 5.11 Å². The van der Waals surface area contributed by atoms with Crippen LogP contribution in [0.1, 0.15) is 39.5 Å². The second-order valence-electron chi connectivity index (χ2n) is 3.36. The average Bonchev–Trinajstić information content (AvgIpc) is 2.18. The fourth-order valence-corrected chi connectivity index (χ4v) is 1.13. The van der Waals surface area contributed by atoms with Crippen LogP contribution in [0.3, 0.4) is 0 Å². The van der Waals surface area contributed by atoms with E-state index in [0.29, 0.717) is 0 Å². The summed E-state index contributed by atoms with van der Waals surface area (Å²) in [6.07, 6.45) is 15.7. The van der Waals surface area contributed by atoms with E-state index >= 15 is 0 Å². The molecular formula is C13H22O. The molecule has 0 aromatic carbocycles. The summed E-state index contributed by atoms with van der Waals surface area (Å²) in [4.78, 5) is 0. The molecule has 0 aromatic rings. The molecule has 80 valence electrons. The maximum absolute atomic E-state index is 9.49. The molecular weight excluding hydrogens is 172 g/mol.